The number of carbonyl (C=O) groups is 1. The molecular formula is C15H14BrN3O2S. The normalized spacial score (nSPS) is 17.0. The Morgan fingerprint density at radius 1 is 1.41 bits per heavy atom. The van der Waals surface area contributed by atoms with Crippen molar-refractivity contribution in [2.45, 2.75) is 24.4 Å². The number of aromatic nitrogens is 2. The van der Waals surface area contributed by atoms with Crippen molar-refractivity contribution in [2.75, 3.05) is 11.1 Å². The Hall–Kier alpha value is -1.60. The number of nitrogens with zero attached hydrogens (tertiary/aromatic N) is 1. The number of halogens is 1. The first-order chi connectivity index (χ1) is 10.6. The summed E-state index contributed by atoms with van der Waals surface area (Å²) in [5.41, 5.74) is 1.26. The van der Waals surface area contributed by atoms with Crippen LogP contribution in [0.4, 0.5) is 5.82 Å². The van der Waals surface area contributed by atoms with E-state index in [0.29, 0.717) is 16.5 Å². The number of anilines is 1. The molecule has 22 heavy (non-hydrogen) atoms. The van der Waals surface area contributed by atoms with E-state index < -0.39 is 0 Å². The predicted octanol–water partition coefficient (Wildman–Crippen LogP) is 3.12. The van der Waals surface area contributed by atoms with Gasteiger partial charge >= 0.3 is 0 Å². The third-order valence-corrected chi connectivity index (χ3v) is 4.71. The number of amides is 1. The lowest BCUT2D eigenvalue weighted by molar-refractivity contribution is -0.116. The van der Waals surface area contributed by atoms with Gasteiger partial charge in [-0.1, -0.05) is 46.7 Å². The Morgan fingerprint density at radius 3 is 2.95 bits per heavy atom. The predicted molar refractivity (Wildman–Crippen MR) is 90.5 cm³/mol. The Balaban J connectivity index is 2.13. The molecule has 0 spiro atoms. The van der Waals surface area contributed by atoms with Gasteiger partial charge in [0.15, 0.2) is 5.16 Å². The highest BCUT2D eigenvalue weighted by Crippen LogP contribution is 2.35. The highest BCUT2D eigenvalue weighted by atomic mass is 79.9. The molecule has 2 aromatic rings. The molecule has 0 bridgehead atoms. The molecule has 1 aromatic heterocycles. The number of carbonyl (C=O) groups excluding carboxylic acids is 1. The minimum absolute atomic E-state index is 0.122. The average molecular weight is 380 g/mol. The van der Waals surface area contributed by atoms with Crippen LogP contribution in [0, 0.1) is 0 Å². The van der Waals surface area contributed by atoms with Crippen molar-refractivity contribution in [3.8, 4) is 0 Å². The zero-order valence-electron chi connectivity index (χ0n) is 11.9. The van der Waals surface area contributed by atoms with Crippen LogP contribution in [-0.2, 0) is 4.79 Å². The maximum Gasteiger partial charge on any atom is 0.257 e. The summed E-state index contributed by atoms with van der Waals surface area (Å²) in [7, 11) is 0. The lowest BCUT2D eigenvalue weighted by Gasteiger charge is -2.24. The standard InChI is InChI=1S/C15H14BrN3O2S/c1-2-22-15-18-13-12(14(21)19-15)10(7-11(20)17-13)8-4-3-5-9(16)6-8/h3-6,10H,2,7H2,1H3,(H2,17,18,19,20,21). The largest absolute Gasteiger partial charge is 0.310 e. The third-order valence-electron chi connectivity index (χ3n) is 3.46. The van der Waals surface area contributed by atoms with Crippen molar-refractivity contribution in [2.24, 2.45) is 0 Å². The number of thioether (sulfide) groups is 1. The molecule has 2 heterocycles. The molecule has 1 aliphatic heterocycles. The van der Waals surface area contributed by atoms with Gasteiger partial charge in [-0.25, -0.2) is 4.98 Å². The summed E-state index contributed by atoms with van der Waals surface area (Å²) < 4.78 is 0.917. The Kier molecular flexibility index (Phi) is 4.35. The van der Waals surface area contributed by atoms with E-state index in [-0.39, 0.29) is 23.8 Å². The summed E-state index contributed by atoms with van der Waals surface area (Å²) >= 11 is 4.87. The van der Waals surface area contributed by atoms with E-state index in [1.54, 1.807) is 0 Å². The van der Waals surface area contributed by atoms with E-state index in [0.717, 1.165) is 15.8 Å². The van der Waals surface area contributed by atoms with Crippen molar-refractivity contribution < 1.29 is 4.79 Å². The van der Waals surface area contributed by atoms with Crippen LogP contribution in [0.5, 0.6) is 0 Å². The summed E-state index contributed by atoms with van der Waals surface area (Å²) in [4.78, 5) is 31.6. The van der Waals surface area contributed by atoms with Gasteiger partial charge in [-0.2, -0.15) is 0 Å². The first-order valence-electron chi connectivity index (χ1n) is 6.90. The second kappa shape index (κ2) is 6.26. The SMILES string of the molecule is CCSc1nc2c(c(=O)[nH]1)C(c1cccc(Br)c1)CC(=O)N2. The van der Waals surface area contributed by atoms with Gasteiger partial charge in [-0.15, -0.1) is 0 Å². The Labute approximate surface area is 140 Å². The van der Waals surface area contributed by atoms with Crippen LogP contribution < -0.4 is 10.9 Å². The highest BCUT2D eigenvalue weighted by molar-refractivity contribution is 9.10. The molecule has 0 saturated heterocycles. The van der Waals surface area contributed by atoms with E-state index >= 15 is 0 Å². The molecular weight excluding hydrogens is 366 g/mol. The van der Waals surface area contributed by atoms with Gasteiger partial charge in [0, 0.05) is 16.8 Å². The summed E-state index contributed by atoms with van der Waals surface area (Å²) in [5.74, 6) is 0.771. The second-order valence-corrected chi connectivity index (χ2v) is 7.09. The highest BCUT2D eigenvalue weighted by Gasteiger charge is 2.30. The zero-order valence-corrected chi connectivity index (χ0v) is 14.3. The van der Waals surface area contributed by atoms with Crippen molar-refractivity contribution in [1.82, 2.24) is 9.97 Å². The number of benzene rings is 1. The number of aromatic amines is 1. The average Bonchev–Trinajstić information content (AvgIpc) is 2.46. The van der Waals surface area contributed by atoms with Crippen LogP contribution in [0.15, 0.2) is 38.7 Å². The van der Waals surface area contributed by atoms with Crippen LogP contribution >= 0.6 is 27.7 Å². The zero-order chi connectivity index (χ0) is 15.7. The molecule has 0 radical (unpaired) electrons. The molecule has 1 unspecified atom stereocenters. The summed E-state index contributed by atoms with van der Waals surface area (Å²) in [5, 5.41) is 3.25. The summed E-state index contributed by atoms with van der Waals surface area (Å²) in [6.07, 6.45) is 0.245. The molecule has 1 atom stereocenters. The monoisotopic (exact) mass is 379 g/mol. The van der Waals surface area contributed by atoms with Gasteiger partial charge in [0.2, 0.25) is 5.91 Å². The molecule has 2 N–H and O–H groups in total. The van der Waals surface area contributed by atoms with E-state index in [9.17, 15) is 9.59 Å². The number of hydrogen-bond donors (Lipinski definition) is 2. The lowest BCUT2D eigenvalue weighted by Crippen LogP contribution is -2.31. The van der Waals surface area contributed by atoms with Gasteiger partial charge in [0.05, 0.1) is 5.56 Å². The van der Waals surface area contributed by atoms with E-state index in [1.807, 2.05) is 31.2 Å². The van der Waals surface area contributed by atoms with Crippen LogP contribution in [-0.4, -0.2) is 21.6 Å². The lowest BCUT2D eigenvalue weighted by atomic mass is 9.87. The first kappa shape index (κ1) is 15.3. The van der Waals surface area contributed by atoms with Crippen LogP contribution in [0.3, 0.4) is 0 Å². The quantitative estimate of drug-likeness (QED) is 0.634. The number of hydrogen-bond acceptors (Lipinski definition) is 4. The van der Waals surface area contributed by atoms with Crippen LogP contribution in [0.25, 0.3) is 0 Å². The molecule has 7 heteroatoms. The van der Waals surface area contributed by atoms with Gasteiger partial charge in [0.25, 0.3) is 5.56 Å². The van der Waals surface area contributed by atoms with E-state index in [1.165, 1.54) is 11.8 Å². The van der Waals surface area contributed by atoms with Crippen molar-refractivity contribution >= 4 is 39.4 Å². The van der Waals surface area contributed by atoms with Crippen molar-refractivity contribution in [3.05, 3.63) is 50.2 Å². The molecule has 5 nitrogen and oxygen atoms in total. The molecule has 1 aromatic carbocycles. The van der Waals surface area contributed by atoms with E-state index in [4.69, 9.17) is 0 Å². The smallest absolute Gasteiger partial charge is 0.257 e. The summed E-state index contributed by atoms with van der Waals surface area (Å²) in [6.45, 7) is 1.98. The van der Waals surface area contributed by atoms with Gasteiger partial charge in [-0.05, 0) is 23.4 Å². The number of H-pyrrole nitrogens is 1. The Bertz CT molecular complexity index is 791. The first-order valence-corrected chi connectivity index (χ1v) is 8.68. The number of rotatable bonds is 3. The minimum atomic E-state index is -0.279. The number of nitrogens with one attached hydrogen (secondary N) is 2. The van der Waals surface area contributed by atoms with Crippen molar-refractivity contribution in [1.29, 1.82) is 0 Å². The topological polar surface area (TPSA) is 74.8 Å². The minimum Gasteiger partial charge on any atom is -0.310 e. The second-order valence-electron chi connectivity index (χ2n) is 4.93. The molecule has 0 saturated carbocycles. The van der Waals surface area contributed by atoms with Crippen LogP contribution in [0.1, 0.15) is 30.4 Å². The summed E-state index contributed by atoms with van der Waals surface area (Å²) in [6, 6.07) is 7.67. The fraction of sp³-hybridized carbons (Fsp3) is 0.267. The Morgan fingerprint density at radius 2 is 2.23 bits per heavy atom. The number of fused-ring (bicyclic) bond motifs is 1. The molecule has 1 aliphatic rings. The molecule has 0 aliphatic carbocycles. The molecule has 0 fully saturated rings. The fourth-order valence-corrected chi connectivity index (χ4v) is 3.57. The van der Waals surface area contributed by atoms with E-state index in [2.05, 4.69) is 31.2 Å². The van der Waals surface area contributed by atoms with Gasteiger partial charge < -0.3 is 10.3 Å². The van der Waals surface area contributed by atoms with Crippen molar-refractivity contribution in [3.63, 3.8) is 0 Å². The molecule has 3 rings (SSSR count). The van der Waals surface area contributed by atoms with Gasteiger partial charge in [0.1, 0.15) is 5.82 Å². The van der Waals surface area contributed by atoms with Gasteiger partial charge in [-0.3, -0.25) is 9.59 Å². The third kappa shape index (κ3) is 2.96. The fourth-order valence-electron chi connectivity index (χ4n) is 2.56. The van der Waals surface area contributed by atoms with Crippen LogP contribution in [0.2, 0.25) is 0 Å². The molecule has 1 amide bonds. The maximum absolute atomic E-state index is 12.5. The molecule has 114 valence electrons. The maximum atomic E-state index is 12.5.